The Kier molecular flexibility index (Phi) is 9.25. The first-order valence-corrected chi connectivity index (χ1v) is 7.71. The van der Waals surface area contributed by atoms with Crippen molar-refractivity contribution in [1.82, 2.24) is 15.5 Å². The molecule has 0 unspecified atom stereocenters. The molecule has 0 atom stereocenters. The summed E-state index contributed by atoms with van der Waals surface area (Å²) in [5.74, 6) is -0.189. The van der Waals surface area contributed by atoms with Crippen LogP contribution in [0.1, 0.15) is 26.2 Å². The van der Waals surface area contributed by atoms with Gasteiger partial charge in [0.15, 0.2) is 0 Å². The molecule has 1 aliphatic heterocycles. The molecule has 6 heteroatoms. The van der Waals surface area contributed by atoms with Gasteiger partial charge in [0.05, 0.1) is 0 Å². The minimum Gasteiger partial charge on any atom is -0.390 e. The van der Waals surface area contributed by atoms with Crippen LogP contribution >= 0.6 is 0 Å². The summed E-state index contributed by atoms with van der Waals surface area (Å²) in [6.45, 7) is 7.22. The number of nitrogens with zero attached hydrogens (tertiary/aromatic N) is 2. The lowest BCUT2D eigenvalue weighted by Gasteiger charge is -2.27. The van der Waals surface area contributed by atoms with Crippen molar-refractivity contribution in [2.75, 3.05) is 45.9 Å². The van der Waals surface area contributed by atoms with E-state index in [1.54, 1.807) is 4.90 Å². The first kappa shape index (κ1) is 17.5. The average Bonchev–Trinajstić information content (AvgIpc) is 2.54. The zero-order valence-electron chi connectivity index (χ0n) is 12.9. The number of carbonyl (C=O) groups is 1. The number of unbranched alkanes of at least 4 members (excludes halogenated alkanes) is 1. The molecule has 2 N–H and O–H groups in total. The fraction of sp³-hybridized carbons (Fsp3) is 0.733. The lowest BCUT2D eigenvalue weighted by atomic mass is 10.2. The van der Waals surface area contributed by atoms with Crippen LogP contribution < -0.4 is 10.6 Å². The van der Waals surface area contributed by atoms with Gasteiger partial charge in [-0.25, -0.2) is 0 Å². The number of ether oxygens (including phenoxy) is 1. The third kappa shape index (κ3) is 7.11. The van der Waals surface area contributed by atoms with Crippen molar-refractivity contribution in [3.63, 3.8) is 0 Å². The van der Waals surface area contributed by atoms with Crippen LogP contribution in [0.3, 0.4) is 0 Å². The SMILES string of the molecule is CCCCOCCCN/C=C(/C#N)C(=O)N1CCNCC1. The number of piperazine rings is 1. The third-order valence-corrected chi connectivity index (χ3v) is 3.25. The molecule has 0 saturated carbocycles. The highest BCUT2D eigenvalue weighted by Crippen LogP contribution is 2.02. The minimum atomic E-state index is -0.189. The maximum atomic E-state index is 12.1. The maximum Gasteiger partial charge on any atom is 0.266 e. The van der Waals surface area contributed by atoms with E-state index in [1.807, 2.05) is 6.07 Å². The average molecular weight is 294 g/mol. The van der Waals surface area contributed by atoms with Crippen molar-refractivity contribution in [3.8, 4) is 6.07 Å². The van der Waals surface area contributed by atoms with E-state index in [9.17, 15) is 4.79 Å². The second-order valence-electron chi connectivity index (χ2n) is 4.99. The van der Waals surface area contributed by atoms with Gasteiger partial charge in [-0.15, -0.1) is 0 Å². The standard InChI is InChI=1S/C15H26N4O2/c1-2-3-10-21-11-4-5-18-13-14(12-16)15(20)19-8-6-17-7-9-19/h13,17-18H,2-11H2,1H3/b14-13-. The first-order valence-electron chi connectivity index (χ1n) is 7.71. The van der Waals surface area contributed by atoms with Crippen molar-refractivity contribution >= 4 is 5.91 Å². The van der Waals surface area contributed by atoms with Gasteiger partial charge in [-0.2, -0.15) is 5.26 Å². The monoisotopic (exact) mass is 294 g/mol. The lowest BCUT2D eigenvalue weighted by molar-refractivity contribution is -0.127. The number of hydrogen-bond donors (Lipinski definition) is 2. The summed E-state index contributed by atoms with van der Waals surface area (Å²) in [5.41, 5.74) is 0.170. The van der Waals surface area contributed by atoms with E-state index in [1.165, 1.54) is 6.20 Å². The van der Waals surface area contributed by atoms with E-state index in [0.29, 0.717) is 26.2 Å². The molecule has 1 saturated heterocycles. The second kappa shape index (κ2) is 11.1. The third-order valence-electron chi connectivity index (χ3n) is 3.25. The fourth-order valence-electron chi connectivity index (χ4n) is 1.98. The Balaban J connectivity index is 2.22. The van der Waals surface area contributed by atoms with Gasteiger partial charge in [0.1, 0.15) is 11.6 Å². The molecule has 0 spiro atoms. The van der Waals surface area contributed by atoms with Gasteiger partial charge < -0.3 is 20.3 Å². The predicted octanol–water partition coefficient (Wildman–Crippen LogP) is 0.622. The summed E-state index contributed by atoms with van der Waals surface area (Å²) < 4.78 is 5.44. The van der Waals surface area contributed by atoms with Gasteiger partial charge in [0.2, 0.25) is 0 Å². The fourth-order valence-corrected chi connectivity index (χ4v) is 1.98. The number of carbonyl (C=O) groups excluding carboxylic acids is 1. The Morgan fingerprint density at radius 2 is 2.10 bits per heavy atom. The van der Waals surface area contributed by atoms with Gasteiger partial charge in [0.25, 0.3) is 5.91 Å². The molecule has 0 aromatic heterocycles. The van der Waals surface area contributed by atoms with E-state index in [0.717, 1.165) is 39.0 Å². The normalized spacial score (nSPS) is 15.6. The van der Waals surface area contributed by atoms with Crippen LogP contribution in [0.4, 0.5) is 0 Å². The molecule has 21 heavy (non-hydrogen) atoms. The van der Waals surface area contributed by atoms with Crippen LogP contribution in [0.2, 0.25) is 0 Å². The van der Waals surface area contributed by atoms with Gasteiger partial charge in [-0.1, -0.05) is 13.3 Å². The molecule has 118 valence electrons. The Labute approximate surface area is 127 Å². The van der Waals surface area contributed by atoms with Crippen molar-refractivity contribution in [2.24, 2.45) is 0 Å². The molecule has 1 heterocycles. The predicted molar refractivity (Wildman–Crippen MR) is 81.5 cm³/mol. The molecule has 1 rings (SSSR count). The zero-order valence-corrected chi connectivity index (χ0v) is 12.9. The Hall–Kier alpha value is -1.58. The molecule has 1 amide bonds. The quantitative estimate of drug-likeness (QED) is 0.370. The van der Waals surface area contributed by atoms with E-state index < -0.39 is 0 Å². The maximum absolute atomic E-state index is 12.1. The molecule has 0 aromatic rings. The summed E-state index contributed by atoms with van der Waals surface area (Å²) in [6, 6.07) is 1.97. The van der Waals surface area contributed by atoms with Gasteiger partial charge >= 0.3 is 0 Å². The lowest BCUT2D eigenvalue weighted by Crippen LogP contribution is -2.46. The molecule has 1 fully saturated rings. The van der Waals surface area contributed by atoms with Crippen LogP contribution in [-0.4, -0.2) is 56.7 Å². The highest BCUT2D eigenvalue weighted by atomic mass is 16.5. The Morgan fingerprint density at radius 1 is 1.38 bits per heavy atom. The summed E-state index contributed by atoms with van der Waals surface area (Å²) in [4.78, 5) is 13.8. The van der Waals surface area contributed by atoms with Crippen LogP contribution in [0.15, 0.2) is 11.8 Å². The number of hydrogen-bond acceptors (Lipinski definition) is 5. The van der Waals surface area contributed by atoms with E-state index in [2.05, 4.69) is 17.6 Å². The molecule has 6 nitrogen and oxygen atoms in total. The number of rotatable bonds is 9. The largest absolute Gasteiger partial charge is 0.390 e. The van der Waals surface area contributed by atoms with Crippen LogP contribution in [0, 0.1) is 11.3 Å². The summed E-state index contributed by atoms with van der Waals surface area (Å²) in [6.07, 6.45) is 4.61. The van der Waals surface area contributed by atoms with Gasteiger partial charge in [-0.3, -0.25) is 4.79 Å². The van der Waals surface area contributed by atoms with Crippen molar-refractivity contribution < 1.29 is 9.53 Å². The minimum absolute atomic E-state index is 0.170. The summed E-state index contributed by atoms with van der Waals surface area (Å²) in [7, 11) is 0. The molecule has 0 radical (unpaired) electrons. The molecule has 1 aliphatic rings. The van der Waals surface area contributed by atoms with Crippen molar-refractivity contribution in [1.29, 1.82) is 5.26 Å². The van der Waals surface area contributed by atoms with E-state index in [-0.39, 0.29) is 11.5 Å². The Bertz CT molecular complexity index is 370. The van der Waals surface area contributed by atoms with Crippen molar-refractivity contribution in [3.05, 3.63) is 11.8 Å². The van der Waals surface area contributed by atoms with Crippen LogP contribution in [0.5, 0.6) is 0 Å². The van der Waals surface area contributed by atoms with Crippen LogP contribution in [-0.2, 0) is 9.53 Å². The smallest absolute Gasteiger partial charge is 0.266 e. The van der Waals surface area contributed by atoms with Gasteiger partial charge in [-0.05, 0) is 12.8 Å². The number of nitriles is 1. The number of nitrogens with one attached hydrogen (secondary N) is 2. The first-order chi connectivity index (χ1) is 10.3. The molecular formula is C15H26N4O2. The topological polar surface area (TPSA) is 77.4 Å². The van der Waals surface area contributed by atoms with Crippen molar-refractivity contribution in [2.45, 2.75) is 26.2 Å². The number of amides is 1. The molecular weight excluding hydrogens is 268 g/mol. The molecule has 0 aromatic carbocycles. The summed E-state index contributed by atoms with van der Waals surface area (Å²) >= 11 is 0. The van der Waals surface area contributed by atoms with E-state index in [4.69, 9.17) is 10.00 Å². The van der Waals surface area contributed by atoms with Gasteiger partial charge in [0, 0.05) is 52.1 Å². The highest BCUT2D eigenvalue weighted by molar-refractivity contribution is 5.97. The summed E-state index contributed by atoms with van der Waals surface area (Å²) in [5, 5.41) is 15.3. The second-order valence-corrected chi connectivity index (χ2v) is 4.99. The molecule has 0 aliphatic carbocycles. The van der Waals surface area contributed by atoms with E-state index >= 15 is 0 Å². The molecule has 0 bridgehead atoms. The van der Waals surface area contributed by atoms with Crippen LogP contribution in [0.25, 0.3) is 0 Å². The zero-order chi connectivity index (χ0) is 15.3. The highest BCUT2D eigenvalue weighted by Gasteiger charge is 2.19. The Morgan fingerprint density at radius 3 is 2.76 bits per heavy atom.